The van der Waals surface area contributed by atoms with Crippen LogP contribution in [-0.2, 0) is 0 Å². The lowest BCUT2D eigenvalue weighted by Gasteiger charge is -2.07. The van der Waals surface area contributed by atoms with Gasteiger partial charge in [0.15, 0.2) is 0 Å². The first-order valence-electron chi connectivity index (χ1n) is 6.47. The fourth-order valence-electron chi connectivity index (χ4n) is 2.22. The van der Waals surface area contributed by atoms with E-state index in [-0.39, 0.29) is 5.82 Å². The molecule has 0 aliphatic rings. The number of fused-ring (bicyclic) bond motifs is 1. The molecule has 0 amide bonds. The number of hydrogen-bond acceptors (Lipinski definition) is 4. The van der Waals surface area contributed by atoms with Gasteiger partial charge in [0.1, 0.15) is 22.9 Å². The molecule has 0 atom stereocenters. The van der Waals surface area contributed by atoms with Crippen LogP contribution in [0.5, 0.6) is 5.75 Å². The Hall–Kier alpha value is -2.76. The Bertz CT molecular complexity index is 814. The predicted molar refractivity (Wildman–Crippen MR) is 77.2 cm³/mol. The molecule has 0 aliphatic carbocycles. The van der Waals surface area contributed by atoms with E-state index in [0.717, 1.165) is 0 Å². The number of pyridine rings is 1. The van der Waals surface area contributed by atoms with Crippen molar-refractivity contribution in [1.29, 1.82) is 0 Å². The number of para-hydroxylation sites is 1. The summed E-state index contributed by atoms with van der Waals surface area (Å²) in [6.45, 7) is 2.36. The highest BCUT2D eigenvalue weighted by Crippen LogP contribution is 2.36. The zero-order valence-corrected chi connectivity index (χ0v) is 11.3. The summed E-state index contributed by atoms with van der Waals surface area (Å²) in [5.74, 6) is 0.194. The van der Waals surface area contributed by atoms with Crippen LogP contribution in [-0.4, -0.2) is 16.0 Å². The number of halogens is 1. The van der Waals surface area contributed by atoms with Crippen molar-refractivity contribution in [2.24, 2.45) is 5.18 Å². The van der Waals surface area contributed by atoms with Crippen LogP contribution in [0.2, 0.25) is 0 Å². The van der Waals surface area contributed by atoms with Crippen molar-refractivity contribution >= 4 is 11.5 Å². The molecule has 2 aromatic heterocycles. The van der Waals surface area contributed by atoms with Crippen LogP contribution in [0.3, 0.4) is 0 Å². The number of rotatable bonds is 4. The largest absolute Gasteiger partial charge is 0.493 e. The van der Waals surface area contributed by atoms with E-state index < -0.39 is 5.82 Å². The highest BCUT2D eigenvalue weighted by molar-refractivity contribution is 5.78. The molecule has 1 aromatic carbocycles. The van der Waals surface area contributed by atoms with Gasteiger partial charge in [-0.3, -0.25) is 4.40 Å². The van der Waals surface area contributed by atoms with Crippen molar-refractivity contribution in [2.75, 3.05) is 6.61 Å². The van der Waals surface area contributed by atoms with Gasteiger partial charge in [0, 0.05) is 11.8 Å². The number of benzene rings is 1. The second kappa shape index (κ2) is 5.32. The second-order valence-corrected chi connectivity index (χ2v) is 4.38. The third-order valence-corrected chi connectivity index (χ3v) is 3.09. The summed E-state index contributed by atoms with van der Waals surface area (Å²) < 4.78 is 20.2. The fourth-order valence-corrected chi connectivity index (χ4v) is 2.22. The Kier molecular flexibility index (Phi) is 3.35. The van der Waals surface area contributed by atoms with Gasteiger partial charge >= 0.3 is 0 Å². The SMILES string of the molecule is CCOc1ccccc1-c1nc2ccc(F)cn2c1N=O. The molecule has 0 unspecified atom stereocenters. The Morgan fingerprint density at radius 2 is 2.10 bits per heavy atom. The molecule has 0 saturated carbocycles. The van der Waals surface area contributed by atoms with Crippen LogP contribution in [0.25, 0.3) is 16.9 Å². The Labute approximate surface area is 120 Å². The lowest BCUT2D eigenvalue weighted by atomic mass is 10.1. The van der Waals surface area contributed by atoms with Crippen LogP contribution in [0.15, 0.2) is 47.8 Å². The van der Waals surface area contributed by atoms with Crippen LogP contribution in [0, 0.1) is 10.7 Å². The number of nitrogens with zero attached hydrogens (tertiary/aromatic N) is 3. The summed E-state index contributed by atoms with van der Waals surface area (Å²) in [6.07, 6.45) is 1.19. The van der Waals surface area contributed by atoms with E-state index in [0.29, 0.717) is 29.3 Å². The monoisotopic (exact) mass is 285 g/mol. The van der Waals surface area contributed by atoms with E-state index in [2.05, 4.69) is 10.2 Å². The van der Waals surface area contributed by atoms with Gasteiger partial charge in [0.2, 0.25) is 5.82 Å². The van der Waals surface area contributed by atoms with E-state index in [4.69, 9.17) is 4.74 Å². The summed E-state index contributed by atoms with van der Waals surface area (Å²) in [7, 11) is 0. The molecule has 0 radical (unpaired) electrons. The molecule has 21 heavy (non-hydrogen) atoms. The molecule has 0 N–H and O–H groups in total. The lowest BCUT2D eigenvalue weighted by molar-refractivity contribution is 0.341. The molecule has 0 aliphatic heterocycles. The first-order chi connectivity index (χ1) is 10.2. The topological polar surface area (TPSA) is 56.0 Å². The first-order valence-corrected chi connectivity index (χ1v) is 6.47. The molecular formula is C15H12FN3O2. The molecule has 5 nitrogen and oxygen atoms in total. The number of nitroso groups, excluding NO2 is 1. The molecule has 0 spiro atoms. The zero-order chi connectivity index (χ0) is 14.8. The van der Waals surface area contributed by atoms with Gasteiger partial charge in [0.25, 0.3) is 0 Å². The van der Waals surface area contributed by atoms with Gasteiger partial charge in [-0.2, -0.15) is 0 Å². The number of aromatic nitrogens is 2. The van der Waals surface area contributed by atoms with Crippen LogP contribution >= 0.6 is 0 Å². The summed E-state index contributed by atoms with van der Waals surface area (Å²) in [5, 5.41) is 3.01. The minimum absolute atomic E-state index is 0.0525. The standard InChI is InChI=1S/C15H12FN3O2/c1-2-21-12-6-4-3-5-11(12)14-15(18-20)19-9-10(16)7-8-13(19)17-14/h3-9H,2H2,1H3. The molecule has 0 fully saturated rings. The van der Waals surface area contributed by atoms with Gasteiger partial charge in [-0.1, -0.05) is 12.1 Å². The van der Waals surface area contributed by atoms with Crippen LogP contribution < -0.4 is 4.74 Å². The molecule has 3 rings (SSSR count). The summed E-state index contributed by atoms with van der Waals surface area (Å²) in [5.41, 5.74) is 1.48. The van der Waals surface area contributed by atoms with Crippen molar-refractivity contribution in [3.63, 3.8) is 0 Å². The fraction of sp³-hybridized carbons (Fsp3) is 0.133. The van der Waals surface area contributed by atoms with Gasteiger partial charge in [0.05, 0.1) is 6.61 Å². The highest BCUT2D eigenvalue weighted by Gasteiger charge is 2.18. The van der Waals surface area contributed by atoms with E-state index in [1.54, 1.807) is 12.1 Å². The molecule has 2 heterocycles. The van der Waals surface area contributed by atoms with Crippen molar-refractivity contribution in [1.82, 2.24) is 9.38 Å². The summed E-state index contributed by atoms with van der Waals surface area (Å²) in [4.78, 5) is 15.5. The lowest BCUT2D eigenvalue weighted by Crippen LogP contribution is -1.94. The van der Waals surface area contributed by atoms with E-state index in [1.807, 2.05) is 19.1 Å². The van der Waals surface area contributed by atoms with E-state index in [1.165, 1.54) is 22.7 Å². The van der Waals surface area contributed by atoms with E-state index in [9.17, 15) is 9.30 Å². The molecule has 106 valence electrons. The second-order valence-electron chi connectivity index (χ2n) is 4.38. The molecule has 3 aromatic rings. The van der Waals surface area contributed by atoms with Crippen molar-refractivity contribution in [3.8, 4) is 17.0 Å². The van der Waals surface area contributed by atoms with Gasteiger partial charge in [-0.15, -0.1) is 4.91 Å². The predicted octanol–water partition coefficient (Wildman–Crippen LogP) is 3.94. The van der Waals surface area contributed by atoms with Crippen molar-refractivity contribution < 1.29 is 9.13 Å². The zero-order valence-electron chi connectivity index (χ0n) is 11.3. The van der Waals surface area contributed by atoms with Crippen molar-refractivity contribution in [2.45, 2.75) is 6.92 Å². The Morgan fingerprint density at radius 1 is 1.29 bits per heavy atom. The maximum atomic E-state index is 13.3. The number of hydrogen-bond donors (Lipinski definition) is 0. The number of ether oxygens (including phenoxy) is 1. The Balaban J connectivity index is 2.27. The third-order valence-electron chi connectivity index (χ3n) is 3.09. The van der Waals surface area contributed by atoms with Crippen LogP contribution in [0.1, 0.15) is 6.92 Å². The minimum atomic E-state index is -0.463. The van der Waals surface area contributed by atoms with Gasteiger partial charge in [-0.05, 0) is 36.4 Å². The van der Waals surface area contributed by atoms with Crippen LogP contribution in [0.4, 0.5) is 10.2 Å². The summed E-state index contributed by atoms with van der Waals surface area (Å²) >= 11 is 0. The molecule has 0 saturated heterocycles. The maximum Gasteiger partial charge on any atom is 0.209 e. The molecular weight excluding hydrogens is 273 g/mol. The van der Waals surface area contributed by atoms with Gasteiger partial charge < -0.3 is 4.74 Å². The van der Waals surface area contributed by atoms with E-state index >= 15 is 0 Å². The molecule has 0 bridgehead atoms. The highest BCUT2D eigenvalue weighted by atomic mass is 19.1. The third kappa shape index (κ3) is 2.24. The quantitative estimate of drug-likeness (QED) is 0.682. The molecule has 6 heteroatoms. The van der Waals surface area contributed by atoms with Crippen molar-refractivity contribution in [3.05, 3.63) is 53.3 Å². The van der Waals surface area contributed by atoms with Gasteiger partial charge in [-0.25, -0.2) is 9.37 Å². The first kappa shape index (κ1) is 13.2. The average molecular weight is 285 g/mol. The maximum absolute atomic E-state index is 13.3. The summed E-state index contributed by atoms with van der Waals surface area (Å²) in [6, 6.07) is 10.0. The average Bonchev–Trinajstić information content (AvgIpc) is 2.85. The normalized spacial score (nSPS) is 10.8. The smallest absolute Gasteiger partial charge is 0.209 e. The minimum Gasteiger partial charge on any atom is -0.493 e. The Morgan fingerprint density at radius 3 is 2.86 bits per heavy atom. The number of imidazole rings is 1.